The van der Waals surface area contributed by atoms with Crippen molar-refractivity contribution in [1.82, 2.24) is 15.0 Å². The molecule has 2 bridgehead atoms. The number of alkyl halides is 3. The van der Waals surface area contributed by atoms with E-state index in [4.69, 9.17) is 9.26 Å². The fraction of sp³-hybridized carbons (Fsp3) is 0.500. The number of nitrogens with one attached hydrogen (secondary N) is 1. The highest BCUT2D eigenvalue weighted by Crippen LogP contribution is 2.56. The number of rotatable bonds is 4. The minimum atomic E-state index is -4.55. The molecule has 0 spiro atoms. The Labute approximate surface area is 158 Å². The number of hydrogen-bond donors (Lipinski definition) is 1. The number of aryl methyl sites for hydroxylation is 1. The first-order valence-corrected chi connectivity index (χ1v) is 8.81. The second kappa shape index (κ2) is 6.47. The predicted molar refractivity (Wildman–Crippen MR) is 91.3 cm³/mol. The van der Waals surface area contributed by atoms with Gasteiger partial charge in [0.05, 0.1) is 12.2 Å². The molecule has 2 amide bonds. The topological polar surface area (TPSA) is 80.5 Å². The zero-order valence-corrected chi connectivity index (χ0v) is 15.3. The molecule has 2 aliphatic heterocycles. The van der Waals surface area contributed by atoms with Crippen LogP contribution in [0.25, 0.3) is 0 Å². The number of carbonyl (C=O) groups excluding carboxylic acids is 1. The average Bonchev–Trinajstić information content (AvgIpc) is 3.27. The number of fused-ring (bicyclic) bond motifs is 1. The van der Waals surface area contributed by atoms with Crippen LogP contribution in [0.5, 0.6) is 0 Å². The van der Waals surface area contributed by atoms with Crippen LogP contribution in [0, 0.1) is 12.8 Å². The lowest BCUT2D eigenvalue weighted by Gasteiger charge is -2.38. The molecule has 5 rings (SSSR count). The van der Waals surface area contributed by atoms with Crippen LogP contribution in [0.3, 0.4) is 0 Å². The lowest BCUT2D eigenvalue weighted by atomic mass is 9.73. The van der Waals surface area contributed by atoms with Crippen molar-refractivity contribution in [3.8, 4) is 0 Å². The molecule has 0 unspecified atom stereocenters. The third-order valence-electron chi connectivity index (χ3n) is 5.35. The maximum Gasteiger partial charge on any atom is 0.416 e. The highest BCUT2D eigenvalue weighted by molar-refractivity contribution is 5.90. The van der Waals surface area contributed by atoms with Crippen LogP contribution in [0.1, 0.15) is 35.7 Å². The van der Waals surface area contributed by atoms with E-state index >= 15 is 0 Å². The third kappa shape index (κ3) is 3.01. The number of aromatic nitrogens is 2. The molecular formula is C18H19F3N4O3. The maximum atomic E-state index is 13.3. The Hall–Kier alpha value is -2.62. The van der Waals surface area contributed by atoms with Gasteiger partial charge in [0.1, 0.15) is 5.54 Å². The van der Waals surface area contributed by atoms with Gasteiger partial charge in [0.25, 0.3) is 5.89 Å². The number of methoxy groups -OCH3 is 1. The Morgan fingerprint density at radius 1 is 1.43 bits per heavy atom. The van der Waals surface area contributed by atoms with E-state index in [1.165, 1.54) is 19.2 Å². The molecule has 0 radical (unpaired) electrons. The molecule has 1 saturated carbocycles. The fourth-order valence-electron chi connectivity index (χ4n) is 4.12. The Balaban J connectivity index is 1.57. The lowest BCUT2D eigenvalue weighted by Crippen LogP contribution is -2.47. The third-order valence-corrected chi connectivity index (χ3v) is 5.35. The number of benzene rings is 1. The first-order valence-electron chi connectivity index (χ1n) is 8.81. The molecule has 3 aliphatic rings. The summed E-state index contributed by atoms with van der Waals surface area (Å²) in [5.74, 6) is 1.18. The SMILES string of the molecule is COCc1ccc(NC(=O)N2CC3CC2(c2nc(C)no2)C3)cc1C(F)(F)F. The van der Waals surface area contributed by atoms with Crippen molar-refractivity contribution in [3.63, 3.8) is 0 Å². The van der Waals surface area contributed by atoms with Gasteiger partial charge in [-0.15, -0.1) is 0 Å². The van der Waals surface area contributed by atoms with Crippen molar-refractivity contribution >= 4 is 11.7 Å². The van der Waals surface area contributed by atoms with E-state index in [-0.39, 0.29) is 17.9 Å². The van der Waals surface area contributed by atoms with Crippen LogP contribution in [-0.4, -0.2) is 34.7 Å². The van der Waals surface area contributed by atoms with E-state index < -0.39 is 23.3 Å². The summed E-state index contributed by atoms with van der Waals surface area (Å²) in [6.07, 6.45) is -3.13. The van der Waals surface area contributed by atoms with Crippen molar-refractivity contribution in [1.29, 1.82) is 0 Å². The second-order valence-corrected chi connectivity index (χ2v) is 7.30. The lowest BCUT2D eigenvalue weighted by molar-refractivity contribution is -0.138. The van der Waals surface area contributed by atoms with Crippen molar-refractivity contribution in [2.24, 2.45) is 5.92 Å². The molecule has 0 atom stereocenters. The highest BCUT2D eigenvalue weighted by atomic mass is 19.4. The zero-order valence-electron chi connectivity index (χ0n) is 15.3. The standard InChI is InChI=1S/C18H19F3N4O3/c1-10-22-15(28-24-10)17-6-11(7-17)8-25(17)16(26)23-13-4-3-12(9-27-2)14(5-13)18(19,20)21/h3-5,11H,6-9H2,1-2H3,(H,23,26). The number of urea groups is 1. The van der Waals surface area contributed by atoms with Crippen LogP contribution in [0.4, 0.5) is 23.7 Å². The Morgan fingerprint density at radius 3 is 2.79 bits per heavy atom. The number of halogens is 3. The van der Waals surface area contributed by atoms with Gasteiger partial charge in [-0.3, -0.25) is 0 Å². The van der Waals surface area contributed by atoms with Gasteiger partial charge in [-0.1, -0.05) is 11.2 Å². The van der Waals surface area contributed by atoms with E-state index in [0.29, 0.717) is 37.0 Å². The van der Waals surface area contributed by atoms with E-state index in [2.05, 4.69) is 15.5 Å². The fourth-order valence-corrected chi connectivity index (χ4v) is 4.12. The van der Waals surface area contributed by atoms with Gasteiger partial charge in [-0.05, 0) is 43.4 Å². The molecule has 150 valence electrons. The second-order valence-electron chi connectivity index (χ2n) is 7.30. The highest BCUT2D eigenvalue weighted by Gasteiger charge is 2.62. The molecule has 7 nitrogen and oxygen atoms in total. The number of ether oxygens (including phenoxy) is 1. The van der Waals surface area contributed by atoms with Crippen molar-refractivity contribution in [2.75, 3.05) is 19.0 Å². The summed E-state index contributed by atoms with van der Waals surface area (Å²) in [6.45, 7) is 2.02. The normalized spacial score (nSPS) is 23.6. The molecule has 1 N–H and O–H groups in total. The van der Waals surface area contributed by atoms with Gasteiger partial charge in [-0.25, -0.2) is 4.79 Å². The summed E-state index contributed by atoms with van der Waals surface area (Å²) in [5.41, 5.74) is -1.42. The number of carbonyl (C=O) groups is 1. The number of nitrogens with zero attached hydrogens (tertiary/aromatic N) is 3. The van der Waals surface area contributed by atoms with Gasteiger partial charge >= 0.3 is 12.2 Å². The summed E-state index contributed by atoms with van der Waals surface area (Å²) in [6, 6.07) is 3.19. The van der Waals surface area contributed by atoms with Crippen LogP contribution in [0.2, 0.25) is 0 Å². The predicted octanol–water partition coefficient (Wildman–Crippen LogP) is 3.70. The quantitative estimate of drug-likeness (QED) is 0.853. The summed E-state index contributed by atoms with van der Waals surface area (Å²) < 4.78 is 50.1. The summed E-state index contributed by atoms with van der Waals surface area (Å²) in [5, 5.41) is 6.37. The van der Waals surface area contributed by atoms with Crippen LogP contribution >= 0.6 is 0 Å². The van der Waals surface area contributed by atoms with Crippen LogP contribution < -0.4 is 5.32 Å². The Kier molecular flexibility index (Phi) is 4.33. The molecule has 3 fully saturated rings. The van der Waals surface area contributed by atoms with Gasteiger partial charge in [-0.2, -0.15) is 18.2 Å². The van der Waals surface area contributed by atoms with Gasteiger partial charge < -0.3 is 19.5 Å². The van der Waals surface area contributed by atoms with Crippen LogP contribution in [0.15, 0.2) is 22.7 Å². The van der Waals surface area contributed by atoms with Crippen LogP contribution in [-0.2, 0) is 23.1 Å². The van der Waals surface area contributed by atoms with E-state index in [0.717, 1.165) is 6.07 Å². The molecule has 3 heterocycles. The zero-order chi connectivity index (χ0) is 20.1. The van der Waals surface area contributed by atoms with E-state index in [9.17, 15) is 18.0 Å². The van der Waals surface area contributed by atoms with Gasteiger partial charge in [0.15, 0.2) is 5.82 Å². The molecule has 1 aromatic carbocycles. The van der Waals surface area contributed by atoms with Crippen molar-refractivity contribution in [2.45, 2.75) is 38.1 Å². The molecule has 1 aromatic heterocycles. The molecule has 2 saturated heterocycles. The number of anilines is 1. The van der Waals surface area contributed by atoms with Crippen molar-refractivity contribution in [3.05, 3.63) is 41.0 Å². The summed E-state index contributed by atoms with van der Waals surface area (Å²) in [4.78, 5) is 18.7. The first kappa shape index (κ1) is 18.7. The summed E-state index contributed by atoms with van der Waals surface area (Å²) in [7, 11) is 1.33. The summed E-state index contributed by atoms with van der Waals surface area (Å²) >= 11 is 0. The average molecular weight is 396 g/mol. The molecule has 28 heavy (non-hydrogen) atoms. The van der Waals surface area contributed by atoms with Crippen molar-refractivity contribution < 1.29 is 27.2 Å². The number of hydrogen-bond acceptors (Lipinski definition) is 5. The first-order chi connectivity index (χ1) is 13.2. The largest absolute Gasteiger partial charge is 0.416 e. The minimum absolute atomic E-state index is 0.00855. The maximum absolute atomic E-state index is 13.3. The molecular weight excluding hydrogens is 377 g/mol. The monoisotopic (exact) mass is 396 g/mol. The molecule has 10 heteroatoms. The smallest absolute Gasteiger partial charge is 0.380 e. The molecule has 2 aromatic rings. The minimum Gasteiger partial charge on any atom is -0.380 e. The molecule has 1 aliphatic carbocycles. The Morgan fingerprint density at radius 2 is 2.18 bits per heavy atom. The van der Waals surface area contributed by atoms with Gasteiger partial charge in [0, 0.05) is 19.3 Å². The number of amides is 2. The van der Waals surface area contributed by atoms with Gasteiger partial charge in [0.2, 0.25) is 0 Å². The Bertz CT molecular complexity index is 906. The van der Waals surface area contributed by atoms with E-state index in [1.54, 1.807) is 11.8 Å². The van der Waals surface area contributed by atoms with E-state index in [1.807, 2.05) is 0 Å².